The van der Waals surface area contributed by atoms with E-state index in [0.29, 0.717) is 5.88 Å². The van der Waals surface area contributed by atoms with Crippen molar-refractivity contribution < 1.29 is 4.74 Å². The van der Waals surface area contributed by atoms with Crippen LogP contribution in [0.25, 0.3) is 0 Å². The maximum absolute atomic E-state index is 5.35. The van der Waals surface area contributed by atoms with Gasteiger partial charge in [0.15, 0.2) is 0 Å². The quantitative estimate of drug-likeness (QED) is 0.908. The van der Waals surface area contributed by atoms with Gasteiger partial charge in [0.1, 0.15) is 5.69 Å². The second-order valence-electron chi connectivity index (χ2n) is 4.73. The van der Waals surface area contributed by atoms with Gasteiger partial charge in [-0.25, -0.2) is 4.98 Å². The molecule has 2 rings (SSSR count). The summed E-state index contributed by atoms with van der Waals surface area (Å²) in [5.41, 5.74) is 4.58. The molecule has 4 nitrogen and oxygen atoms in total. The highest BCUT2D eigenvalue weighted by Crippen LogP contribution is 2.29. The van der Waals surface area contributed by atoms with Crippen LogP contribution in [0.15, 0.2) is 30.6 Å². The summed E-state index contributed by atoms with van der Waals surface area (Å²) in [6, 6.07) is 6.31. The third-order valence-corrected chi connectivity index (χ3v) is 3.52. The molecule has 4 heteroatoms. The smallest absolute Gasteiger partial charge is 0.237 e. The molecule has 1 heterocycles. The average molecular weight is 271 g/mol. The van der Waals surface area contributed by atoms with Crippen LogP contribution in [-0.4, -0.2) is 23.6 Å². The largest absolute Gasteiger partial charge is 0.480 e. The lowest BCUT2D eigenvalue weighted by atomic mass is 9.95. The van der Waals surface area contributed by atoms with Gasteiger partial charge in [-0.2, -0.15) is 0 Å². The minimum atomic E-state index is -0.0106. The zero-order valence-corrected chi connectivity index (χ0v) is 12.5. The zero-order valence-electron chi connectivity index (χ0n) is 12.5. The van der Waals surface area contributed by atoms with E-state index in [1.807, 2.05) is 0 Å². The maximum atomic E-state index is 5.35. The van der Waals surface area contributed by atoms with Gasteiger partial charge in [0.25, 0.3) is 0 Å². The normalized spacial score (nSPS) is 12.2. The summed E-state index contributed by atoms with van der Waals surface area (Å²) in [7, 11) is 1.62. The molecule has 0 saturated heterocycles. The van der Waals surface area contributed by atoms with E-state index in [-0.39, 0.29) is 6.04 Å². The summed E-state index contributed by atoms with van der Waals surface area (Å²) in [5, 5.41) is 3.48. The van der Waals surface area contributed by atoms with Gasteiger partial charge in [0, 0.05) is 12.4 Å². The van der Waals surface area contributed by atoms with E-state index in [1.54, 1.807) is 19.5 Å². The first kappa shape index (κ1) is 14.5. The Morgan fingerprint density at radius 1 is 1.20 bits per heavy atom. The monoisotopic (exact) mass is 271 g/mol. The first-order chi connectivity index (χ1) is 9.69. The fraction of sp³-hybridized carbons (Fsp3) is 0.375. The van der Waals surface area contributed by atoms with Crippen molar-refractivity contribution in [1.82, 2.24) is 15.3 Å². The van der Waals surface area contributed by atoms with Crippen LogP contribution in [-0.2, 0) is 0 Å². The second kappa shape index (κ2) is 6.48. The molecule has 0 aliphatic heterocycles. The molecule has 1 atom stereocenters. The fourth-order valence-electron chi connectivity index (χ4n) is 2.34. The molecule has 0 bridgehead atoms. The summed E-state index contributed by atoms with van der Waals surface area (Å²) >= 11 is 0. The van der Waals surface area contributed by atoms with Crippen LogP contribution in [0.3, 0.4) is 0 Å². The number of rotatable bonds is 5. The number of aromatic nitrogens is 2. The molecule has 1 aromatic carbocycles. The first-order valence-corrected chi connectivity index (χ1v) is 6.83. The van der Waals surface area contributed by atoms with E-state index in [9.17, 15) is 0 Å². The van der Waals surface area contributed by atoms with Gasteiger partial charge < -0.3 is 10.1 Å². The van der Waals surface area contributed by atoms with Gasteiger partial charge >= 0.3 is 0 Å². The summed E-state index contributed by atoms with van der Waals surface area (Å²) in [6.45, 7) is 7.19. The van der Waals surface area contributed by atoms with Gasteiger partial charge in [-0.15, -0.1) is 0 Å². The summed E-state index contributed by atoms with van der Waals surface area (Å²) < 4.78 is 5.35. The summed E-state index contributed by atoms with van der Waals surface area (Å²) in [4.78, 5) is 8.72. The molecule has 1 N–H and O–H groups in total. The molecule has 1 unspecified atom stereocenters. The molecule has 0 spiro atoms. The van der Waals surface area contributed by atoms with Crippen molar-refractivity contribution in [2.45, 2.75) is 26.8 Å². The van der Waals surface area contributed by atoms with Crippen LogP contribution in [0.4, 0.5) is 0 Å². The van der Waals surface area contributed by atoms with Crippen LogP contribution in [0.1, 0.15) is 35.3 Å². The molecule has 0 fully saturated rings. The van der Waals surface area contributed by atoms with Crippen molar-refractivity contribution in [2.75, 3.05) is 13.7 Å². The van der Waals surface area contributed by atoms with Crippen molar-refractivity contribution in [3.05, 3.63) is 53.0 Å². The van der Waals surface area contributed by atoms with E-state index in [4.69, 9.17) is 4.74 Å². The fourth-order valence-corrected chi connectivity index (χ4v) is 2.34. The van der Waals surface area contributed by atoms with Crippen molar-refractivity contribution in [3.8, 4) is 5.88 Å². The molecular weight excluding hydrogens is 250 g/mol. The molecule has 20 heavy (non-hydrogen) atoms. The van der Waals surface area contributed by atoms with E-state index in [0.717, 1.165) is 12.2 Å². The van der Waals surface area contributed by atoms with Crippen LogP contribution >= 0.6 is 0 Å². The molecule has 2 aromatic rings. The number of aryl methyl sites for hydroxylation is 1. The van der Waals surface area contributed by atoms with Crippen molar-refractivity contribution in [1.29, 1.82) is 0 Å². The minimum absolute atomic E-state index is 0.0106. The lowest BCUT2D eigenvalue weighted by Gasteiger charge is -2.21. The van der Waals surface area contributed by atoms with Crippen molar-refractivity contribution >= 4 is 0 Å². The Labute approximate surface area is 120 Å². The van der Waals surface area contributed by atoms with Gasteiger partial charge in [-0.3, -0.25) is 4.98 Å². The molecule has 106 valence electrons. The van der Waals surface area contributed by atoms with Crippen LogP contribution in [0.5, 0.6) is 5.88 Å². The molecule has 0 radical (unpaired) electrons. The summed E-state index contributed by atoms with van der Waals surface area (Å²) in [5.74, 6) is 0.569. The SMILES string of the molecule is CCNC(c1cccc(C)c1C)c1nccnc1OC. The number of nitrogens with zero attached hydrogens (tertiary/aromatic N) is 2. The van der Waals surface area contributed by atoms with Gasteiger partial charge in [0.05, 0.1) is 13.2 Å². The standard InChI is InChI=1S/C16H21N3O/c1-5-17-14(13-8-6-7-11(2)12(13)3)15-16(20-4)19-10-9-18-15/h6-10,14,17H,5H2,1-4H3. The number of methoxy groups -OCH3 is 1. The maximum Gasteiger partial charge on any atom is 0.237 e. The van der Waals surface area contributed by atoms with Gasteiger partial charge in [0.2, 0.25) is 5.88 Å². The van der Waals surface area contributed by atoms with E-state index < -0.39 is 0 Å². The molecule has 1 aromatic heterocycles. The molecule has 0 saturated carbocycles. The van der Waals surface area contributed by atoms with Crippen LogP contribution in [0, 0.1) is 13.8 Å². The molecule has 0 aliphatic carbocycles. The van der Waals surface area contributed by atoms with E-state index in [1.165, 1.54) is 16.7 Å². The number of benzene rings is 1. The lowest BCUT2D eigenvalue weighted by Crippen LogP contribution is -2.24. The Hall–Kier alpha value is -1.94. The van der Waals surface area contributed by atoms with Crippen LogP contribution < -0.4 is 10.1 Å². The Morgan fingerprint density at radius 3 is 2.65 bits per heavy atom. The average Bonchev–Trinajstić information content (AvgIpc) is 2.48. The third-order valence-electron chi connectivity index (χ3n) is 3.52. The Balaban J connectivity index is 2.53. The van der Waals surface area contributed by atoms with Crippen molar-refractivity contribution in [3.63, 3.8) is 0 Å². The Bertz CT molecular complexity index is 584. The number of hydrogen-bond donors (Lipinski definition) is 1. The zero-order chi connectivity index (χ0) is 14.5. The predicted molar refractivity (Wildman–Crippen MR) is 80.0 cm³/mol. The Kier molecular flexibility index (Phi) is 4.69. The molecule has 0 aliphatic rings. The minimum Gasteiger partial charge on any atom is -0.480 e. The van der Waals surface area contributed by atoms with E-state index >= 15 is 0 Å². The lowest BCUT2D eigenvalue weighted by molar-refractivity contribution is 0.383. The second-order valence-corrected chi connectivity index (χ2v) is 4.73. The highest BCUT2D eigenvalue weighted by atomic mass is 16.5. The van der Waals surface area contributed by atoms with Gasteiger partial charge in [-0.1, -0.05) is 25.1 Å². The predicted octanol–water partition coefficient (Wildman–Crippen LogP) is 2.80. The molecule has 0 amide bonds. The van der Waals surface area contributed by atoms with Crippen molar-refractivity contribution in [2.24, 2.45) is 0 Å². The van der Waals surface area contributed by atoms with Gasteiger partial charge in [-0.05, 0) is 37.1 Å². The summed E-state index contributed by atoms with van der Waals surface area (Å²) in [6.07, 6.45) is 3.35. The number of hydrogen-bond acceptors (Lipinski definition) is 4. The molecular formula is C16H21N3O. The highest BCUT2D eigenvalue weighted by molar-refractivity contribution is 5.41. The first-order valence-electron chi connectivity index (χ1n) is 6.83. The Morgan fingerprint density at radius 2 is 1.95 bits per heavy atom. The van der Waals surface area contributed by atoms with Crippen LogP contribution in [0.2, 0.25) is 0 Å². The number of ether oxygens (including phenoxy) is 1. The topological polar surface area (TPSA) is 47.0 Å². The number of nitrogens with one attached hydrogen (secondary N) is 1. The third kappa shape index (κ3) is 2.80. The highest BCUT2D eigenvalue weighted by Gasteiger charge is 2.21. The van der Waals surface area contributed by atoms with E-state index in [2.05, 4.69) is 54.3 Å².